The fourth-order valence-electron chi connectivity index (χ4n) is 8.80. The number of phosphoric acid groups is 1. The van der Waals surface area contributed by atoms with Crippen LogP contribution < -0.4 is 5.73 Å². The van der Waals surface area contributed by atoms with E-state index in [0.29, 0.717) is 13.0 Å². The molecule has 0 bridgehead atoms. The Morgan fingerprint density at radius 1 is 0.448 bits per heavy atom. The lowest BCUT2D eigenvalue weighted by atomic mass is 10.0. The van der Waals surface area contributed by atoms with Crippen LogP contribution in [0.5, 0.6) is 0 Å². The molecule has 0 rings (SSSR count). The summed E-state index contributed by atoms with van der Waals surface area (Å²) in [7, 11) is -4.28. The monoisotopic (exact) mass is 968 g/mol. The average molecular weight is 969 g/mol. The van der Waals surface area contributed by atoms with Crippen molar-refractivity contribution in [1.29, 1.82) is 0 Å². The summed E-state index contributed by atoms with van der Waals surface area (Å²) < 4.78 is 33.7. The largest absolute Gasteiger partial charge is 0.472 e. The van der Waals surface area contributed by atoms with Crippen molar-refractivity contribution in [3.05, 3.63) is 24.3 Å². The maximum atomic E-state index is 12.7. The van der Waals surface area contributed by atoms with Gasteiger partial charge in [-0.3, -0.25) is 13.8 Å². The molecule has 0 aromatic carbocycles. The van der Waals surface area contributed by atoms with Gasteiger partial charge >= 0.3 is 13.8 Å². The molecule has 0 aliphatic carbocycles. The van der Waals surface area contributed by atoms with E-state index in [2.05, 4.69) is 38.2 Å². The molecule has 0 aliphatic heterocycles. The van der Waals surface area contributed by atoms with E-state index in [0.717, 1.165) is 38.5 Å². The maximum Gasteiger partial charge on any atom is 0.472 e. The number of esters is 1. The summed E-state index contributed by atoms with van der Waals surface area (Å²) in [6.45, 7) is 4.99. The van der Waals surface area contributed by atoms with Crippen LogP contribution in [0, 0.1) is 0 Å². The standard InChI is InChI=1S/C58H114NO7P/c1-3-5-7-9-11-13-15-17-19-21-23-25-27-28-29-30-32-34-36-38-40-42-44-46-48-50-53-63-55-57(56-65-67(61,62)64-54-52-59)66-58(60)51-49-47-45-43-41-39-37-35-33-31-26-24-22-20-18-16-14-12-10-8-6-4-2/h15,17,21,23,57H,3-14,16,18-20,22,24-56,59H2,1-2H3,(H,61,62)/b17-15-,23-21-. The van der Waals surface area contributed by atoms with Gasteiger partial charge in [0, 0.05) is 19.6 Å². The molecule has 67 heavy (non-hydrogen) atoms. The van der Waals surface area contributed by atoms with Crippen LogP contribution in [-0.2, 0) is 27.9 Å². The van der Waals surface area contributed by atoms with E-state index in [-0.39, 0.29) is 32.3 Å². The molecule has 0 aromatic heterocycles. The first-order chi connectivity index (χ1) is 32.9. The lowest BCUT2D eigenvalue weighted by Crippen LogP contribution is -2.28. The molecule has 0 saturated heterocycles. The highest BCUT2D eigenvalue weighted by atomic mass is 31.2. The summed E-state index contributed by atoms with van der Waals surface area (Å²) in [6, 6.07) is 0. The highest BCUT2D eigenvalue weighted by Gasteiger charge is 2.25. The van der Waals surface area contributed by atoms with Crippen molar-refractivity contribution in [2.24, 2.45) is 5.73 Å². The number of phosphoric ester groups is 1. The van der Waals surface area contributed by atoms with Crippen LogP contribution in [0.15, 0.2) is 24.3 Å². The Kier molecular flexibility index (Phi) is 55.1. The first-order valence-corrected chi connectivity index (χ1v) is 30.8. The lowest BCUT2D eigenvalue weighted by Gasteiger charge is -2.20. The van der Waals surface area contributed by atoms with Gasteiger partial charge in [-0.1, -0.05) is 276 Å². The molecule has 2 unspecified atom stereocenters. The average Bonchev–Trinajstić information content (AvgIpc) is 3.32. The highest BCUT2D eigenvalue weighted by molar-refractivity contribution is 7.47. The number of unbranched alkanes of at least 4 members (excludes halogenated alkanes) is 40. The third-order valence-electron chi connectivity index (χ3n) is 13.1. The minimum atomic E-state index is -4.28. The Hall–Kier alpha value is -1.02. The third kappa shape index (κ3) is 55.8. The third-order valence-corrected chi connectivity index (χ3v) is 14.1. The van der Waals surface area contributed by atoms with Crippen molar-refractivity contribution in [2.45, 2.75) is 309 Å². The van der Waals surface area contributed by atoms with Gasteiger partial charge in [-0.25, -0.2) is 4.57 Å². The van der Waals surface area contributed by atoms with Crippen LogP contribution in [0.4, 0.5) is 0 Å². The molecule has 0 fully saturated rings. The van der Waals surface area contributed by atoms with Crippen molar-refractivity contribution >= 4 is 13.8 Å². The summed E-state index contributed by atoms with van der Waals surface area (Å²) in [6.07, 6.45) is 66.6. The van der Waals surface area contributed by atoms with Gasteiger partial charge in [0.15, 0.2) is 0 Å². The molecular formula is C58H114NO7P. The number of rotatable bonds is 57. The van der Waals surface area contributed by atoms with E-state index in [1.807, 2.05) is 0 Å². The molecule has 9 heteroatoms. The van der Waals surface area contributed by atoms with Crippen LogP contribution in [-0.4, -0.2) is 49.9 Å². The van der Waals surface area contributed by atoms with Gasteiger partial charge in [0.2, 0.25) is 0 Å². The molecule has 2 atom stereocenters. The lowest BCUT2D eigenvalue weighted by molar-refractivity contribution is -0.154. The van der Waals surface area contributed by atoms with Gasteiger partial charge < -0.3 is 20.1 Å². The second-order valence-corrected chi connectivity index (χ2v) is 21.3. The normalized spacial score (nSPS) is 13.3. The fraction of sp³-hybridized carbons (Fsp3) is 0.914. The van der Waals surface area contributed by atoms with Gasteiger partial charge in [-0.05, 0) is 44.9 Å². The number of allylic oxidation sites excluding steroid dienone is 4. The first-order valence-electron chi connectivity index (χ1n) is 29.3. The number of hydrogen-bond acceptors (Lipinski definition) is 7. The van der Waals surface area contributed by atoms with Crippen LogP contribution in [0.1, 0.15) is 303 Å². The second kappa shape index (κ2) is 55.9. The smallest absolute Gasteiger partial charge is 0.457 e. The SMILES string of the molecule is CCCCCCC/C=C\C/C=C\CCCCCCCCCCCCCCCCOCC(COP(=O)(O)OCCN)OC(=O)CCCCCCCCCCCCCCCCCCCCCCCC. The molecule has 0 spiro atoms. The van der Waals surface area contributed by atoms with Gasteiger partial charge in [0.05, 0.1) is 19.8 Å². The van der Waals surface area contributed by atoms with E-state index < -0.39 is 13.9 Å². The van der Waals surface area contributed by atoms with Crippen LogP contribution >= 0.6 is 7.82 Å². The van der Waals surface area contributed by atoms with Crippen molar-refractivity contribution in [2.75, 3.05) is 33.0 Å². The summed E-state index contributed by atoms with van der Waals surface area (Å²) in [5.41, 5.74) is 5.41. The van der Waals surface area contributed by atoms with Crippen molar-refractivity contribution < 1.29 is 32.8 Å². The predicted octanol–water partition coefficient (Wildman–Crippen LogP) is 18.7. The number of carbonyl (C=O) groups is 1. The Labute approximate surface area is 416 Å². The van der Waals surface area contributed by atoms with E-state index in [1.54, 1.807) is 0 Å². The molecular weight excluding hydrogens is 854 g/mol. The Morgan fingerprint density at radius 2 is 0.791 bits per heavy atom. The van der Waals surface area contributed by atoms with E-state index in [9.17, 15) is 14.3 Å². The summed E-state index contributed by atoms with van der Waals surface area (Å²) in [5.74, 6) is -0.322. The molecule has 8 nitrogen and oxygen atoms in total. The molecule has 0 heterocycles. The van der Waals surface area contributed by atoms with Crippen molar-refractivity contribution in [3.8, 4) is 0 Å². The minimum Gasteiger partial charge on any atom is -0.457 e. The topological polar surface area (TPSA) is 117 Å². The zero-order chi connectivity index (χ0) is 48.7. The molecule has 0 aromatic rings. The van der Waals surface area contributed by atoms with Gasteiger partial charge in [-0.2, -0.15) is 0 Å². The molecule has 0 amide bonds. The zero-order valence-corrected chi connectivity index (χ0v) is 45.6. The zero-order valence-electron chi connectivity index (χ0n) is 44.7. The summed E-state index contributed by atoms with van der Waals surface area (Å²) >= 11 is 0. The number of nitrogens with two attached hydrogens (primary N) is 1. The van der Waals surface area contributed by atoms with Gasteiger partial charge in [0.25, 0.3) is 0 Å². The van der Waals surface area contributed by atoms with Crippen molar-refractivity contribution in [1.82, 2.24) is 0 Å². The first kappa shape index (κ1) is 66.0. The highest BCUT2D eigenvalue weighted by Crippen LogP contribution is 2.43. The Balaban J connectivity index is 3.83. The van der Waals surface area contributed by atoms with Crippen molar-refractivity contribution in [3.63, 3.8) is 0 Å². The number of ether oxygens (including phenoxy) is 2. The van der Waals surface area contributed by atoms with E-state index >= 15 is 0 Å². The second-order valence-electron chi connectivity index (χ2n) is 19.9. The van der Waals surface area contributed by atoms with Crippen LogP contribution in [0.3, 0.4) is 0 Å². The van der Waals surface area contributed by atoms with Gasteiger partial charge in [-0.15, -0.1) is 0 Å². The summed E-state index contributed by atoms with van der Waals surface area (Å²) in [4.78, 5) is 22.7. The Bertz CT molecular complexity index is 1090. The fourth-order valence-corrected chi connectivity index (χ4v) is 9.56. The molecule has 398 valence electrons. The quantitative estimate of drug-likeness (QED) is 0.0268. The number of carbonyl (C=O) groups excluding carboxylic acids is 1. The molecule has 3 N–H and O–H groups in total. The molecule has 0 radical (unpaired) electrons. The number of hydrogen-bond donors (Lipinski definition) is 2. The maximum absolute atomic E-state index is 12.7. The van der Waals surface area contributed by atoms with Gasteiger partial charge in [0.1, 0.15) is 6.10 Å². The van der Waals surface area contributed by atoms with E-state index in [4.69, 9.17) is 24.3 Å². The molecule has 0 aliphatic rings. The van der Waals surface area contributed by atoms with E-state index in [1.165, 1.54) is 244 Å². The minimum absolute atomic E-state index is 0.0922. The Morgan fingerprint density at radius 3 is 1.16 bits per heavy atom. The summed E-state index contributed by atoms with van der Waals surface area (Å²) in [5, 5.41) is 0. The molecule has 0 saturated carbocycles. The predicted molar refractivity (Wildman–Crippen MR) is 289 cm³/mol. The van der Waals surface area contributed by atoms with Crippen LogP contribution in [0.25, 0.3) is 0 Å². The van der Waals surface area contributed by atoms with Crippen LogP contribution in [0.2, 0.25) is 0 Å².